The van der Waals surface area contributed by atoms with Crippen molar-refractivity contribution in [1.82, 2.24) is 9.78 Å². The number of rotatable bonds is 3. The van der Waals surface area contributed by atoms with Crippen molar-refractivity contribution < 1.29 is 9.53 Å². The second-order valence-electron chi connectivity index (χ2n) is 5.26. The Kier molecular flexibility index (Phi) is 4.55. The van der Waals surface area contributed by atoms with Crippen molar-refractivity contribution in [2.45, 2.75) is 13.8 Å². The first-order chi connectivity index (χ1) is 11.0. The number of fused-ring (bicyclic) bond motifs is 1. The Morgan fingerprint density at radius 1 is 1.17 bits per heavy atom. The Balaban J connectivity index is 1.82. The Labute approximate surface area is 150 Å². The first-order valence-corrected chi connectivity index (χ1v) is 8.61. The van der Waals surface area contributed by atoms with Gasteiger partial charge in [-0.25, -0.2) is 4.68 Å². The van der Waals surface area contributed by atoms with Gasteiger partial charge in [-0.1, -0.05) is 28.1 Å². The van der Waals surface area contributed by atoms with Crippen LogP contribution in [0.3, 0.4) is 0 Å². The summed E-state index contributed by atoms with van der Waals surface area (Å²) in [5, 5.41) is 6.29. The summed E-state index contributed by atoms with van der Waals surface area (Å²) < 4.78 is 8.92. The van der Waals surface area contributed by atoms with Gasteiger partial charge >= 0.3 is 0 Å². The predicted octanol–water partition coefficient (Wildman–Crippen LogP) is 4.90. The van der Waals surface area contributed by atoms with E-state index in [0.717, 1.165) is 31.1 Å². The van der Waals surface area contributed by atoms with Gasteiger partial charge in [-0.05, 0) is 64.8 Å². The van der Waals surface area contributed by atoms with E-state index in [-0.39, 0.29) is 12.5 Å². The molecule has 0 amide bonds. The van der Waals surface area contributed by atoms with Crippen LogP contribution in [-0.2, 0) is 0 Å². The third kappa shape index (κ3) is 3.33. The maximum atomic E-state index is 12.2. The summed E-state index contributed by atoms with van der Waals surface area (Å²) >= 11 is 7.02. The molecule has 0 saturated carbocycles. The van der Waals surface area contributed by atoms with Gasteiger partial charge in [0.05, 0.1) is 10.2 Å². The molecule has 0 aliphatic carbocycles. The van der Waals surface area contributed by atoms with Crippen molar-refractivity contribution in [2.75, 3.05) is 6.61 Å². The molecular weight excluding hydrogens is 424 g/mol. The fourth-order valence-corrected chi connectivity index (χ4v) is 3.42. The minimum atomic E-state index is -0.196. The van der Waals surface area contributed by atoms with Gasteiger partial charge in [0.25, 0.3) is 5.91 Å². The average molecular weight is 438 g/mol. The molecule has 0 aliphatic heterocycles. The minimum Gasteiger partial charge on any atom is -0.482 e. The Hall–Kier alpha value is -1.66. The number of carbonyl (C=O) groups excluding carboxylic acids is 1. The van der Waals surface area contributed by atoms with E-state index in [1.165, 1.54) is 4.68 Å². The van der Waals surface area contributed by atoms with Crippen LogP contribution < -0.4 is 4.74 Å². The molecule has 0 N–H and O–H groups in total. The molecule has 1 heterocycles. The highest BCUT2D eigenvalue weighted by Gasteiger charge is 2.13. The van der Waals surface area contributed by atoms with E-state index in [1.807, 2.05) is 50.2 Å². The second kappa shape index (κ2) is 6.45. The molecule has 0 bridgehead atoms. The summed E-state index contributed by atoms with van der Waals surface area (Å²) in [4.78, 5) is 12.2. The molecule has 4 nitrogen and oxygen atoms in total. The largest absolute Gasteiger partial charge is 0.482 e. The van der Waals surface area contributed by atoms with Gasteiger partial charge in [-0.3, -0.25) is 4.79 Å². The van der Waals surface area contributed by atoms with Gasteiger partial charge in [0, 0.05) is 10.2 Å². The Morgan fingerprint density at radius 2 is 1.96 bits per heavy atom. The number of nitrogens with zero attached hydrogens (tertiary/aromatic N) is 2. The number of halogens is 2. The maximum absolute atomic E-state index is 12.2. The van der Waals surface area contributed by atoms with Crippen LogP contribution in [0.15, 0.2) is 45.3 Å². The number of carbonyl (C=O) groups is 1. The highest BCUT2D eigenvalue weighted by molar-refractivity contribution is 9.11. The maximum Gasteiger partial charge on any atom is 0.284 e. The molecule has 0 fully saturated rings. The lowest BCUT2D eigenvalue weighted by molar-refractivity contribution is 0.0817. The van der Waals surface area contributed by atoms with Crippen LogP contribution in [0.4, 0.5) is 0 Å². The zero-order chi connectivity index (χ0) is 16.6. The van der Waals surface area contributed by atoms with Crippen LogP contribution in [0.2, 0.25) is 0 Å². The summed E-state index contributed by atoms with van der Waals surface area (Å²) in [5.41, 5.74) is 1.62. The van der Waals surface area contributed by atoms with Crippen molar-refractivity contribution in [3.63, 3.8) is 0 Å². The zero-order valence-electron chi connectivity index (χ0n) is 12.6. The molecule has 0 spiro atoms. The minimum absolute atomic E-state index is 0.0669. The SMILES string of the molecule is Cc1cc(C)n(C(=O)COc2ccc3cc(Br)ccc3c2Br)n1. The lowest BCUT2D eigenvalue weighted by Gasteiger charge is -2.10. The number of hydrogen-bond donors (Lipinski definition) is 0. The quantitative estimate of drug-likeness (QED) is 0.585. The second-order valence-corrected chi connectivity index (χ2v) is 6.97. The molecule has 2 aromatic carbocycles. The van der Waals surface area contributed by atoms with Crippen molar-refractivity contribution in [3.05, 3.63) is 56.7 Å². The van der Waals surface area contributed by atoms with E-state index < -0.39 is 0 Å². The van der Waals surface area contributed by atoms with E-state index in [2.05, 4.69) is 37.0 Å². The molecule has 0 atom stereocenters. The monoisotopic (exact) mass is 436 g/mol. The predicted molar refractivity (Wildman–Crippen MR) is 97.2 cm³/mol. The Morgan fingerprint density at radius 3 is 2.65 bits per heavy atom. The van der Waals surface area contributed by atoms with Crippen molar-refractivity contribution >= 4 is 48.5 Å². The summed E-state index contributed by atoms with van der Waals surface area (Å²) in [6.45, 7) is 3.64. The van der Waals surface area contributed by atoms with Gasteiger partial charge in [-0.2, -0.15) is 5.10 Å². The average Bonchev–Trinajstić information content (AvgIpc) is 2.85. The molecule has 0 aliphatic rings. The Bertz CT molecular complexity index is 903. The third-order valence-electron chi connectivity index (χ3n) is 3.48. The molecular formula is C17H14Br2N2O2. The molecule has 0 radical (unpaired) electrons. The molecule has 118 valence electrons. The zero-order valence-corrected chi connectivity index (χ0v) is 15.8. The molecule has 1 aromatic heterocycles. The first kappa shape index (κ1) is 16.2. The van der Waals surface area contributed by atoms with Crippen LogP contribution in [0.1, 0.15) is 16.2 Å². The van der Waals surface area contributed by atoms with E-state index in [4.69, 9.17) is 4.74 Å². The number of aromatic nitrogens is 2. The molecule has 3 rings (SSSR count). The molecule has 23 heavy (non-hydrogen) atoms. The van der Waals surface area contributed by atoms with Crippen LogP contribution in [-0.4, -0.2) is 22.3 Å². The van der Waals surface area contributed by atoms with Crippen LogP contribution in [0.5, 0.6) is 5.75 Å². The fourth-order valence-electron chi connectivity index (χ4n) is 2.44. The van der Waals surface area contributed by atoms with Crippen LogP contribution in [0, 0.1) is 13.8 Å². The summed E-state index contributed by atoms with van der Waals surface area (Å²) in [7, 11) is 0. The van der Waals surface area contributed by atoms with Gasteiger partial charge in [-0.15, -0.1) is 0 Å². The first-order valence-electron chi connectivity index (χ1n) is 7.03. The lowest BCUT2D eigenvalue weighted by Crippen LogP contribution is -2.21. The van der Waals surface area contributed by atoms with Crippen LogP contribution in [0.25, 0.3) is 10.8 Å². The van der Waals surface area contributed by atoms with Gasteiger partial charge in [0.1, 0.15) is 5.75 Å². The molecule has 6 heteroatoms. The van der Waals surface area contributed by atoms with Crippen molar-refractivity contribution in [3.8, 4) is 5.75 Å². The van der Waals surface area contributed by atoms with E-state index >= 15 is 0 Å². The summed E-state index contributed by atoms with van der Waals surface area (Å²) in [5.74, 6) is 0.438. The fraction of sp³-hybridized carbons (Fsp3) is 0.176. The molecule has 0 unspecified atom stereocenters. The van der Waals surface area contributed by atoms with Gasteiger partial charge in [0.2, 0.25) is 0 Å². The van der Waals surface area contributed by atoms with E-state index in [0.29, 0.717) is 5.75 Å². The number of benzene rings is 2. The van der Waals surface area contributed by atoms with Gasteiger partial charge in [0.15, 0.2) is 6.61 Å². The lowest BCUT2D eigenvalue weighted by atomic mass is 10.1. The highest BCUT2D eigenvalue weighted by Crippen LogP contribution is 2.34. The smallest absolute Gasteiger partial charge is 0.284 e. The molecule has 3 aromatic rings. The normalized spacial score (nSPS) is 11.0. The number of aryl methyl sites for hydroxylation is 2. The van der Waals surface area contributed by atoms with Gasteiger partial charge < -0.3 is 4.74 Å². The van der Waals surface area contributed by atoms with E-state index in [9.17, 15) is 4.79 Å². The van der Waals surface area contributed by atoms with Crippen molar-refractivity contribution in [2.24, 2.45) is 0 Å². The van der Waals surface area contributed by atoms with Crippen molar-refractivity contribution in [1.29, 1.82) is 0 Å². The van der Waals surface area contributed by atoms with Crippen LogP contribution >= 0.6 is 31.9 Å². The standard InChI is InChI=1S/C17H14Br2N2O2/c1-10-7-11(2)21(20-10)16(22)9-23-15-6-3-12-8-13(18)4-5-14(12)17(15)19/h3-8H,9H2,1-2H3. The third-order valence-corrected chi connectivity index (χ3v) is 4.79. The van der Waals surface area contributed by atoms with E-state index in [1.54, 1.807) is 0 Å². The number of ether oxygens (including phenoxy) is 1. The topological polar surface area (TPSA) is 44.1 Å². The highest BCUT2D eigenvalue weighted by atomic mass is 79.9. The number of hydrogen-bond acceptors (Lipinski definition) is 3. The molecule has 0 saturated heterocycles. The summed E-state index contributed by atoms with van der Waals surface area (Å²) in [6.07, 6.45) is 0. The summed E-state index contributed by atoms with van der Waals surface area (Å²) in [6, 6.07) is 11.7.